The molecule has 86 valence electrons. The van der Waals surface area contributed by atoms with Crippen LogP contribution in [0.2, 0.25) is 0 Å². The Bertz CT molecular complexity index is 353. The summed E-state index contributed by atoms with van der Waals surface area (Å²) >= 11 is 0. The quantitative estimate of drug-likeness (QED) is 0.769. The molecule has 2 nitrogen and oxygen atoms in total. The summed E-state index contributed by atoms with van der Waals surface area (Å²) in [4.78, 5) is 0. The van der Waals surface area contributed by atoms with Crippen molar-refractivity contribution < 1.29 is 4.42 Å². The van der Waals surface area contributed by atoms with E-state index in [1.165, 1.54) is 19.3 Å². The molecule has 16 heavy (non-hydrogen) atoms. The van der Waals surface area contributed by atoms with Crippen molar-refractivity contribution in [1.29, 1.82) is 5.26 Å². The lowest BCUT2D eigenvalue weighted by Crippen LogP contribution is -2.28. The molecule has 2 rings (SSSR count). The second-order valence-corrected chi connectivity index (χ2v) is 5.05. The van der Waals surface area contributed by atoms with Crippen molar-refractivity contribution >= 4 is 0 Å². The molecular weight excluding hydrogens is 198 g/mol. The second kappa shape index (κ2) is 4.74. The Balaban J connectivity index is 2.02. The van der Waals surface area contributed by atoms with Crippen LogP contribution in [-0.2, 0) is 6.42 Å². The van der Waals surface area contributed by atoms with Crippen molar-refractivity contribution in [1.82, 2.24) is 0 Å². The SMILES string of the molecule is CCC1CCC(C#N)(Cc2ccoc2)CC1. The number of hydrogen-bond acceptors (Lipinski definition) is 2. The molecule has 0 atom stereocenters. The van der Waals surface area contributed by atoms with Crippen LogP contribution in [0.1, 0.15) is 44.6 Å². The Hall–Kier alpha value is -1.23. The zero-order valence-corrected chi connectivity index (χ0v) is 9.91. The van der Waals surface area contributed by atoms with Gasteiger partial charge in [0.25, 0.3) is 0 Å². The fraction of sp³-hybridized carbons (Fsp3) is 0.643. The van der Waals surface area contributed by atoms with E-state index < -0.39 is 0 Å². The second-order valence-electron chi connectivity index (χ2n) is 5.05. The molecule has 1 heterocycles. The van der Waals surface area contributed by atoms with Gasteiger partial charge in [-0.25, -0.2) is 0 Å². The highest BCUT2D eigenvalue weighted by atomic mass is 16.3. The Morgan fingerprint density at radius 2 is 2.25 bits per heavy atom. The zero-order valence-electron chi connectivity index (χ0n) is 9.91. The van der Waals surface area contributed by atoms with Crippen LogP contribution < -0.4 is 0 Å². The smallest absolute Gasteiger partial charge is 0.0935 e. The third kappa shape index (κ3) is 2.29. The van der Waals surface area contributed by atoms with Gasteiger partial charge in [-0.2, -0.15) is 5.26 Å². The predicted octanol–water partition coefficient (Wildman–Crippen LogP) is 3.93. The van der Waals surface area contributed by atoms with E-state index in [0.29, 0.717) is 0 Å². The molecule has 1 saturated carbocycles. The highest BCUT2D eigenvalue weighted by molar-refractivity contribution is 5.14. The van der Waals surface area contributed by atoms with Crippen LogP contribution in [0.3, 0.4) is 0 Å². The van der Waals surface area contributed by atoms with Gasteiger partial charge in [-0.1, -0.05) is 13.3 Å². The number of furan rings is 1. The molecule has 1 aromatic heterocycles. The molecular formula is C14H19NO. The van der Waals surface area contributed by atoms with Crippen LogP contribution in [0.4, 0.5) is 0 Å². The Labute approximate surface area is 97.3 Å². The van der Waals surface area contributed by atoms with Crippen LogP contribution in [-0.4, -0.2) is 0 Å². The Kier molecular flexibility index (Phi) is 3.33. The van der Waals surface area contributed by atoms with Crippen molar-refractivity contribution in [3.05, 3.63) is 24.2 Å². The van der Waals surface area contributed by atoms with Gasteiger partial charge in [-0.3, -0.25) is 0 Å². The minimum absolute atomic E-state index is 0.129. The Morgan fingerprint density at radius 1 is 1.50 bits per heavy atom. The summed E-state index contributed by atoms with van der Waals surface area (Å²) in [6, 6.07) is 4.54. The maximum Gasteiger partial charge on any atom is 0.0935 e. The van der Waals surface area contributed by atoms with Gasteiger partial charge in [0.2, 0.25) is 0 Å². The summed E-state index contributed by atoms with van der Waals surface area (Å²) in [6.45, 7) is 2.25. The summed E-state index contributed by atoms with van der Waals surface area (Å²) < 4.78 is 5.08. The van der Waals surface area contributed by atoms with Crippen LogP contribution in [0.25, 0.3) is 0 Å². The van der Waals surface area contributed by atoms with Gasteiger partial charge >= 0.3 is 0 Å². The number of hydrogen-bond donors (Lipinski definition) is 0. The largest absolute Gasteiger partial charge is 0.472 e. The van der Waals surface area contributed by atoms with Crippen LogP contribution in [0.5, 0.6) is 0 Å². The number of nitrogens with zero attached hydrogens (tertiary/aromatic N) is 1. The predicted molar refractivity (Wildman–Crippen MR) is 62.7 cm³/mol. The molecule has 0 saturated heterocycles. The van der Waals surface area contributed by atoms with Crippen molar-refractivity contribution in [2.24, 2.45) is 11.3 Å². The maximum absolute atomic E-state index is 9.42. The fourth-order valence-corrected chi connectivity index (χ4v) is 2.75. The average molecular weight is 217 g/mol. The molecule has 0 aromatic carbocycles. The van der Waals surface area contributed by atoms with E-state index in [0.717, 1.165) is 30.7 Å². The minimum Gasteiger partial charge on any atom is -0.472 e. The van der Waals surface area contributed by atoms with Gasteiger partial charge in [-0.15, -0.1) is 0 Å². The van der Waals surface area contributed by atoms with Crippen molar-refractivity contribution in [3.63, 3.8) is 0 Å². The lowest BCUT2D eigenvalue weighted by atomic mass is 9.68. The summed E-state index contributed by atoms with van der Waals surface area (Å²) in [6.07, 6.45) is 10.1. The van der Waals surface area contributed by atoms with Crippen LogP contribution in [0.15, 0.2) is 23.0 Å². The molecule has 0 radical (unpaired) electrons. The molecule has 0 bridgehead atoms. The molecule has 0 spiro atoms. The first-order chi connectivity index (χ1) is 7.78. The first-order valence-electron chi connectivity index (χ1n) is 6.20. The van der Waals surface area contributed by atoms with E-state index >= 15 is 0 Å². The first-order valence-corrected chi connectivity index (χ1v) is 6.20. The maximum atomic E-state index is 9.42. The van der Waals surface area contributed by atoms with E-state index in [4.69, 9.17) is 4.42 Å². The summed E-state index contributed by atoms with van der Waals surface area (Å²) in [5, 5.41) is 9.42. The van der Waals surface area contributed by atoms with E-state index in [2.05, 4.69) is 13.0 Å². The minimum atomic E-state index is -0.129. The first kappa shape index (κ1) is 11.3. The van der Waals surface area contributed by atoms with Crippen molar-refractivity contribution in [2.45, 2.75) is 45.4 Å². The molecule has 1 aliphatic rings. The molecule has 2 heteroatoms. The van der Waals surface area contributed by atoms with Gasteiger partial charge in [0, 0.05) is 0 Å². The molecule has 0 unspecified atom stereocenters. The van der Waals surface area contributed by atoms with Gasteiger partial charge in [0.1, 0.15) is 0 Å². The third-order valence-corrected chi connectivity index (χ3v) is 4.00. The lowest BCUT2D eigenvalue weighted by Gasteiger charge is -2.34. The van der Waals surface area contributed by atoms with Gasteiger partial charge < -0.3 is 4.42 Å². The van der Waals surface area contributed by atoms with Gasteiger partial charge in [-0.05, 0) is 49.7 Å². The summed E-state index contributed by atoms with van der Waals surface area (Å²) in [5.41, 5.74) is 1.03. The van der Waals surface area contributed by atoms with Crippen LogP contribution in [0, 0.1) is 22.7 Å². The standard InChI is InChI=1S/C14H19NO/c1-2-12-3-6-14(11-15,7-4-12)9-13-5-8-16-10-13/h5,8,10,12H,2-4,6-7,9H2,1H3. The van der Waals surface area contributed by atoms with E-state index in [1.807, 2.05) is 6.07 Å². The van der Waals surface area contributed by atoms with Crippen molar-refractivity contribution in [3.8, 4) is 6.07 Å². The topological polar surface area (TPSA) is 36.9 Å². The van der Waals surface area contributed by atoms with Crippen LogP contribution >= 0.6 is 0 Å². The van der Waals surface area contributed by atoms with Crippen molar-refractivity contribution in [2.75, 3.05) is 0 Å². The zero-order chi connectivity index (χ0) is 11.4. The molecule has 0 N–H and O–H groups in total. The molecule has 0 amide bonds. The highest BCUT2D eigenvalue weighted by Gasteiger charge is 2.35. The Morgan fingerprint density at radius 3 is 2.75 bits per heavy atom. The monoisotopic (exact) mass is 217 g/mol. The highest BCUT2D eigenvalue weighted by Crippen LogP contribution is 2.41. The molecule has 1 aromatic rings. The van der Waals surface area contributed by atoms with Gasteiger partial charge in [0.15, 0.2) is 0 Å². The number of nitriles is 1. The van der Waals surface area contributed by atoms with E-state index in [9.17, 15) is 5.26 Å². The summed E-state index contributed by atoms with van der Waals surface area (Å²) in [7, 11) is 0. The molecule has 1 fully saturated rings. The van der Waals surface area contributed by atoms with E-state index in [1.54, 1.807) is 12.5 Å². The van der Waals surface area contributed by atoms with E-state index in [-0.39, 0.29) is 5.41 Å². The molecule has 1 aliphatic carbocycles. The number of rotatable bonds is 3. The fourth-order valence-electron chi connectivity index (χ4n) is 2.75. The lowest BCUT2D eigenvalue weighted by molar-refractivity contribution is 0.205. The average Bonchev–Trinajstić information content (AvgIpc) is 2.83. The van der Waals surface area contributed by atoms with Gasteiger partial charge in [0.05, 0.1) is 24.0 Å². The molecule has 0 aliphatic heterocycles. The third-order valence-electron chi connectivity index (χ3n) is 4.00. The summed E-state index contributed by atoms with van der Waals surface area (Å²) in [5.74, 6) is 0.839. The normalized spacial score (nSPS) is 29.9.